The van der Waals surface area contributed by atoms with Crippen LogP contribution in [0, 0.1) is 10.5 Å². The number of hydrogen-bond donors (Lipinski definition) is 2. The highest BCUT2D eigenvalue weighted by Crippen LogP contribution is 2.24. The molecule has 0 aliphatic carbocycles. The van der Waals surface area contributed by atoms with Gasteiger partial charge in [0.05, 0.1) is 0 Å². The fourth-order valence-electron chi connectivity index (χ4n) is 1.26. The highest BCUT2D eigenvalue weighted by Gasteiger charge is 2.04. The van der Waals surface area contributed by atoms with Crippen LogP contribution in [0.2, 0.25) is 0 Å². The lowest BCUT2D eigenvalue weighted by atomic mass is 10.1. The van der Waals surface area contributed by atoms with Gasteiger partial charge in [-0.2, -0.15) is 0 Å². The van der Waals surface area contributed by atoms with E-state index in [1.54, 1.807) is 0 Å². The lowest BCUT2D eigenvalue weighted by molar-refractivity contribution is 0.463. The van der Waals surface area contributed by atoms with Gasteiger partial charge < -0.3 is 10.4 Å². The molecule has 0 saturated heterocycles. The molecule has 72 valence electrons. The summed E-state index contributed by atoms with van der Waals surface area (Å²) in [5.74, 6) is 0.440. The highest BCUT2D eigenvalue weighted by molar-refractivity contribution is 14.1. The van der Waals surface area contributed by atoms with Crippen molar-refractivity contribution in [2.75, 3.05) is 13.6 Å². The van der Waals surface area contributed by atoms with Gasteiger partial charge in [-0.15, -0.1) is 0 Å². The Kier molecular flexibility index (Phi) is 3.99. The minimum Gasteiger partial charge on any atom is -0.507 e. The number of likely N-dealkylation sites (N-methyl/N-ethyl adjacent to an activating group) is 1. The topological polar surface area (TPSA) is 32.3 Å². The summed E-state index contributed by atoms with van der Waals surface area (Å²) in [5.41, 5.74) is 1.98. The number of hydrogen-bond acceptors (Lipinski definition) is 2. The number of aryl methyl sites for hydroxylation is 1. The Labute approximate surface area is 92.5 Å². The lowest BCUT2D eigenvalue weighted by Crippen LogP contribution is -2.10. The van der Waals surface area contributed by atoms with E-state index in [9.17, 15) is 5.11 Å². The van der Waals surface area contributed by atoms with Crippen molar-refractivity contribution in [2.45, 2.75) is 13.3 Å². The molecule has 0 heterocycles. The lowest BCUT2D eigenvalue weighted by Gasteiger charge is -2.07. The summed E-state index contributed by atoms with van der Waals surface area (Å²) in [7, 11) is 1.91. The quantitative estimate of drug-likeness (QED) is 0.836. The van der Waals surface area contributed by atoms with Gasteiger partial charge in [0.25, 0.3) is 0 Å². The molecule has 0 spiro atoms. The smallest absolute Gasteiger partial charge is 0.121 e. The maximum Gasteiger partial charge on any atom is 0.121 e. The molecule has 0 aliphatic rings. The standard InChI is InChI=1S/C10H14INO/c1-7-5-9(11)6-8(10(7)13)3-4-12-2/h5-6,12-13H,3-4H2,1-2H3. The molecule has 3 heteroatoms. The van der Waals surface area contributed by atoms with Crippen LogP contribution in [0.3, 0.4) is 0 Å². The number of halogens is 1. The first-order chi connectivity index (χ1) is 6.15. The van der Waals surface area contributed by atoms with Crippen molar-refractivity contribution in [3.8, 4) is 5.75 Å². The Hall–Kier alpha value is -0.290. The van der Waals surface area contributed by atoms with E-state index in [2.05, 4.69) is 27.9 Å². The van der Waals surface area contributed by atoms with Gasteiger partial charge in [-0.3, -0.25) is 0 Å². The van der Waals surface area contributed by atoms with Gasteiger partial charge in [0.15, 0.2) is 0 Å². The van der Waals surface area contributed by atoms with Gasteiger partial charge in [-0.05, 0) is 72.8 Å². The third-order valence-corrected chi connectivity index (χ3v) is 2.61. The van der Waals surface area contributed by atoms with Crippen LogP contribution in [0.4, 0.5) is 0 Å². The van der Waals surface area contributed by atoms with Gasteiger partial charge >= 0.3 is 0 Å². The molecular formula is C10H14INO. The summed E-state index contributed by atoms with van der Waals surface area (Å²) in [6.07, 6.45) is 0.875. The first-order valence-corrected chi connectivity index (χ1v) is 5.35. The summed E-state index contributed by atoms with van der Waals surface area (Å²) in [6, 6.07) is 4.01. The molecule has 0 atom stereocenters. The van der Waals surface area contributed by atoms with E-state index in [1.807, 2.05) is 26.1 Å². The van der Waals surface area contributed by atoms with Crippen LogP contribution < -0.4 is 5.32 Å². The summed E-state index contributed by atoms with van der Waals surface area (Å²) < 4.78 is 1.18. The average molecular weight is 291 g/mol. The molecule has 0 unspecified atom stereocenters. The predicted molar refractivity (Wildman–Crippen MR) is 63.2 cm³/mol. The summed E-state index contributed by atoms with van der Waals surface area (Å²) in [5, 5.41) is 12.8. The third-order valence-electron chi connectivity index (χ3n) is 1.99. The van der Waals surface area contributed by atoms with Gasteiger partial charge in [-0.25, -0.2) is 0 Å². The van der Waals surface area contributed by atoms with Gasteiger partial charge in [0.1, 0.15) is 5.75 Å². The van der Waals surface area contributed by atoms with Crippen molar-refractivity contribution in [1.29, 1.82) is 0 Å². The highest BCUT2D eigenvalue weighted by atomic mass is 127. The predicted octanol–water partition coefficient (Wildman–Crippen LogP) is 2.07. The van der Waals surface area contributed by atoms with E-state index in [1.165, 1.54) is 3.57 Å². The number of rotatable bonds is 3. The Morgan fingerprint density at radius 2 is 2.15 bits per heavy atom. The number of nitrogens with one attached hydrogen (secondary N) is 1. The van der Waals surface area contributed by atoms with Gasteiger partial charge in [0, 0.05) is 3.57 Å². The molecule has 13 heavy (non-hydrogen) atoms. The van der Waals surface area contributed by atoms with Crippen molar-refractivity contribution in [1.82, 2.24) is 5.32 Å². The summed E-state index contributed by atoms with van der Waals surface area (Å²) >= 11 is 2.27. The normalized spacial score (nSPS) is 10.4. The molecule has 0 fully saturated rings. The van der Waals surface area contributed by atoms with E-state index in [-0.39, 0.29) is 0 Å². The maximum absolute atomic E-state index is 9.72. The molecule has 1 aromatic rings. The van der Waals surface area contributed by atoms with E-state index in [0.717, 1.165) is 24.1 Å². The Morgan fingerprint density at radius 3 is 2.77 bits per heavy atom. The fraction of sp³-hybridized carbons (Fsp3) is 0.400. The number of aromatic hydroxyl groups is 1. The molecule has 0 bridgehead atoms. The van der Waals surface area contributed by atoms with E-state index < -0.39 is 0 Å². The number of phenols is 1. The van der Waals surface area contributed by atoms with Crippen LogP contribution in [0.15, 0.2) is 12.1 Å². The number of benzene rings is 1. The fourth-order valence-corrected chi connectivity index (χ4v) is 2.10. The van der Waals surface area contributed by atoms with Crippen molar-refractivity contribution >= 4 is 22.6 Å². The van der Waals surface area contributed by atoms with E-state index in [4.69, 9.17) is 0 Å². The van der Waals surface area contributed by atoms with Crippen LogP contribution >= 0.6 is 22.6 Å². The Bertz CT molecular complexity index is 299. The molecule has 2 N–H and O–H groups in total. The molecule has 1 rings (SSSR count). The molecular weight excluding hydrogens is 277 g/mol. The monoisotopic (exact) mass is 291 g/mol. The minimum atomic E-state index is 0.440. The van der Waals surface area contributed by atoms with Crippen LogP contribution in [0.5, 0.6) is 5.75 Å². The van der Waals surface area contributed by atoms with Gasteiger partial charge in [-0.1, -0.05) is 0 Å². The molecule has 0 amide bonds. The van der Waals surface area contributed by atoms with Crippen LogP contribution in [-0.4, -0.2) is 18.7 Å². The maximum atomic E-state index is 9.72. The second-order valence-electron chi connectivity index (χ2n) is 3.08. The first kappa shape index (κ1) is 10.8. The third kappa shape index (κ3) is 2.84. The van der Waals surface area contributed by atoms with Gasteiger partial charge in [0.2, 0.25) is 0 Å². The van der Waals surface area contributed by atoms with Crippen molar-refractivity contribution in [3.05, 3.63) is 26.8 Å². The van der Waals surface area contributed by atoms with Crippen molar-refractivity contribution in [2.24, 2.45) is 0 Å². The largest absolute Gasteiger partial charge is 0.507 e. The molecule has 1 aromatic carbocycles. The SMILES string of the molecule is CNCCc1cc(I)cc(C)c1O. The molecule has 0 aliphatic heterocycles. The Balaban J connectivity index is 2.92. The molecule has 0 saturated carbocycles. The second-order valence-corrected chi connectivity index (χ2v) is 4.33. The molecule has 0 radical (unpaired) electrons. The van der Waals surface area contributed by atoms with E-state index in [0.29, 0.717) is 5.75 Å². The second kappa shape index (κ2) is 4.81. The zero-order valence-electron chi connectivity index (χ0n) is 7.89. The van der Waals surface area contributed by atoms with Crippen molar-refractivity contribution in [3.63, 3.8) is 0 Å². The summed E-state index contributed by atoms with van der Waals surface area (Å²) in [6.45, 7) is 2.83. The zero-order valence-corrected chi connectivity index (χ0v) is 10.1. The van der Waals surface area contributed by atoms with Crippen molar-refractivity contribution < 1.29 is 5.11 Å². The average Bonchev–Trinajstić information content (AvgIpc) is 2.09. The number of phenolic OH excluding ortho intramolecular Hbond substituents is 1. The first-order valence-electron chi connectivity index (χ1n) is 4.27. The Morgan fingerprint density at radius 1 is 1.46 bits per heavy atom. The summed E-state index contributed by atoms with van der Waals surface area (Å²) in [4.78, 5) is 0. The van der Waals surface area contributed by atoms with Crippen LogP contribution in [-0.2, 0) is 6.42 Å². The molecule has 0 aromatic heterocycles. The zero-order chi connectivity index (χ0) is 9.84. The van der Waals surface area contributed by atoms with Crippen LogP contribution in [0.1, 0.15) is 11.1 Å². The minimum absolute atomic E-state index is 0.440. The molecule has 2 nitrogen and oxygen atoms in total. The van der Waals surface area contributed by atoms with E-state index >= 15 is 0 Å². The van der Waals surface area contributed by atoms with Crippen LogP contribution in [0.25, 0.3) is 0 Å².